The van der Waals surface area contributed by atoms with Gasteiger partial charge in [-0.2, -0.15) is 9.97 Å². The van der Waals surface area contributed by atoms with Gasteiger partial charge in [-0.1, -0.05) is 6.92 Å². The number of ether oxygens (including phenoxy) is 2. The Morgan fingerprint density at radius 2 is 2.00 bits per heavy atom. The van der Waals surface area contributed by atoms with Crippen LogP contribution in [0, 0.1) is 5.82 Å². The van der Waals surface area contributed by atoms with Gasteiger partial charge in [-0.05, 0) is 34.5 Å². The predicted octanol–water partition coefficient (Wildman–Crippen LogP) is 2.94. The molecular weight excluding hydrogens is 331 g/mol. The lowest BCUT2D eigenvalue weighted by Crippen LogP contribution is -2.05. The second-order valence-corrected chi connectivity index (χ2v) is 4.64. The van der Waals surface area contributed by atoms with Crippen molar-refractivity contribution in [2.45, 2.75) is 13.3 Å². The van der Waals surface area contributed by atoms with E-state index in [0.717, 1.165) is 6.42 Å². The monoisotopic (exact) mass is 342 g/mol. The molecule has 0 aliphatic rings. The molecule has 20 heavy (non-hydrogen) atoms. The Morgan fingerprint density at radius 3 is 2.70 bits per heavy atom. The lowest BCUT2D eigenvalue weighted by atomic mass is 10.3. The van der Waals surface area contributed by atoms with Gasteiger partial charge in [-0.25, -0.2) is 4.39 Å². The zero-order valence-corrected chi connectivity index (χ0v) is 12.2. The van der Waals surface area contributed by atoms with Crippen molar-refractivity contribution >= 4 is 21.9 Å². The van der Waals surface area contributed by atoms with E-state index in [-0.39, 0.29) is 23.7 Å². The largest absolute Gasteiger partial charge is 0.463 e. The van der Waals surface area contributed by atoms with E-state index < -0.39 is 5.82 Å². The summed E-state index contributed by atoms with van der Waals surface area (Å²) in [4.78, 5) is 11.6. The van der Waals surface area contributed by atoms with E-state index >= 15 is 0 Å². The van der Waals surface area contributed by atoms with Crippen molar-refractivity contribution in [3.63, 3.8) is 0 Å². The first-order valence-electron chi connectivity index (χ1n) is 5.85. The molecule has 1 aromatic heterocycles. The minimum absolute atomic E-state index is 0.0290. The van der Waals surface area contributed by atoms with E-state index in [1.54, 1.807) is 6.07 Å². The zero-order valence-electron chi connectivity index (χ0n) is 10.6. The summed E-state index contributed by atoms with van der Waals surface area (Å²) in [5.41, 5.74) is 5.54. The summed E-state index contributed by atoms with van der Waals surface area (Å²) in [6, 6.07) is 4.32. The van der Waals surface area contributed by atoms with Crippen LogP contribution < -0.4 is 15.2 Å². The molecule has 0 saturated heterocycles. The van der Waals surface area contributed by atoms with Crippen molar-refractivity contribution < 1.29 is 13.9 Å². The van der Waals surface area contributed by atoms with E-state index in [9.17, 15) is 4.39 Å². The van der Waals surface area contributed by atoms with Gasteiger partial charge in [0.2, 0.25) is 5.95 Å². The summed E-state index contributed by atoms with van der Waals surface area (Å²) >= 11 is 3.05. The van der Waals surface area contributed by atoms with Crippen LogP contribution in [-0.4, -0.2) is 21.6 Å². The van der Waals surface area contributed by atoms with Gasteiger partial charge in [-0.3, -0.25) is 0 Å². The van der Waals surface area contributed by atoms with Gasteiger partial charge in [-0.15, -0.1) is 4.98 Å². The second-order valence-electron chi connectivity index (χ2n) is 3.79. The summed E-state index contributed by atoms with van der Waals surface area (Å²) in [6.07, 6.45) is 0.805. The third-order valence-electron chi connectivity index (χ3n) is 2.15. The molecule has 6 nitrogen and oxygen atoms in total. The van der Waals surface area contributed by atoms with Crippen molar-refractivity contribution in [3.05, 3.63) is 28.5 Å². The fraction of sp³-hybridized carbons (Fsp3) is 0.250. The lowest BCUT2D eigenvalue weighted by Gasteiger charge is -2.07. The predicted molar refractivity (Wildman–Crippen MR) is 74.2 cm³/mol. The SMILES string of the molecule is CCCOc1nc(N)nc(Oc2ccc(Br)c(F)c2)n1. The molecule has 2 aromatic rings. The molecule has 0 saturated carbocycles. The van der Waals surface area contributed by atoms with Crippen LogP contribution in [0.2, 0.25) is 0 Å². The minimum atomic E-state index is -0.452. The number of hydrogen-bond acceptors (Lipinski definition) is 6. The van der Waals surface area contributed by atoms with Crippen LogP contribution in [0.3, 0.4) is 0 Å². The van der Waals surface area contributed by atoms with Crippen molar-refractivity contribution in [1.29, 1.82) is 0 Å². The number of benzene rings is 1. The van der Waals surface area contributed by atoms with Crippen molar-refractivity contribution in [2.24, 2.45) is 0 Å². The van der Waals surface area contributed by atoms with Gasteiger partial charge < -0.3 is 15.2 Å². The van der Waals surface area contributed by atoms with E-state index in [0.29, 0.717) is 11.1 Å². The zero-order chi connectivity index (χ0) is 14.5. The van der Waals surface area contributed by atoms with Crippen LogP contribution in [0.4, 0.5) is 10.3 Å². The molecule has 1 aromatic carbocycles. The molecule has 2 N–H and O–H groups in total. The number of aromatic nitrogens is 3. The van der Waals surface area contributed by atoms with Crippen LogP contribution in [0.1, 0.15) is 13.3 Å². The first kappa shape index (κ1) is 14.4. The second kappa shape index (κ2) is 6.47. The van der Waals surface area contributed by atoms with Crippen molar-refractivity contribution in [1.82, 2.24) is 15.0 Å². The highest BCUT2D eigenvalue weighted by molar-refractivity contribution is 9.10. The van der Waals surface area contributed by atoms with E-state index in [1.165, 1.54) is 12.1 Å². The Labute approximate surface area is 123 Å². The van der Waals surface area contributed by atoms with Crippen LogP contribution in [-0.2, 0) is 0 Å². The van der Waals surface area contributed by atoms with Gasteiger partial charge in [0.25, 0.3) is 0 Å². The fourth-order valence-corrected chi connectivity index (χ4v) is 1.55. The number of anilines is 1. The number of hydrogen-bond donors (Lipinski definition) is 1. The molecule has 1 heterocycles. The van der Waals surface area contributed by atoms with Crippen molar-refractivity contribution in [2.75, 3.05) is 12.3 Å². The number of halogens is 2. The smallest absolute Gasteiger partial charge is 0.330 e. The standard InChI is InChI=1S/C12H12BrFN4O2/c1-2-5-19-11-16-10(15)17-12(18-11)20-7-3-4-8(13)9(14)6-7/h3-4,6H,2,5H2,1H3,(H2,15,16,17,18). The van der Waals surface area contributed by atoms with E-state index in [2.05, 4.69) is 30.9 Å². The molecule has 0 aliphatic carbocycles. The summed E-state index contributed by atoms with van der Waals surface area (Å²) in [7, 11) is 0. The third kappa shape index (κ3) is 3.77. The highest BCUT2D eigenvalue weighted by Gasteiger charge is 2.09. The molecule has 2 rings (SSSR count). The average Bonchev–Trinajstić information content (AvgIpc) is 2.40. The number of nitrogen functional groups attached to an aromatic ring is 1. The Morgan fingerprint density at radius 1 is 1.25 bits per heavy atom. The highest BCUT2D eigenvalue weighted by atomic mass is 79.9. The molecule has 0 aliphatic heterocycles. The molecule has 0 spiro atoms. The lowest BCUT2D eigenvalue weighted by molar-refractivity contribution is 0.285. The first-order chi connectivity index (χ1) is 9.58. The Balaban J connectivity index is 2.19. The normalized spacial score (nSPS) is 10.3. The molecule has 106 valence electrons. The van der Waals surface area contributed by atoms with Gasteiger partial charge in [0, 0.05) is 6.07 Å². The van der Waals surface area contributed by atoms with Crippen molar-refractivity contribution in [3.8, 4) is 17.8 Å². The Kier molecular flexibility index (Phi) is 4.67. The number of nitrogens with two attached hydrogens (primary N) is 1. The maximum absolute atomic E-state index is 13.4. The van der Waals surface area contributed by atoms with Gasteiger partial charge in [0.1, 0.15) is 11.6 Å². The summed E-state index contributed by atoms with van der Waals surface area (Å²) in [5.74, 6) is -0.233. The van der Waals surface area contributed by atoms with Gasteiger partial charge >= 0.3 is 12.0 Å². The van der Waals surface area contributed by atoms with Crippen LogP contribution in [0.15, 0.2) is 22.7 Å². The van der Waals surface area contributed by atoms with Crippen LogP contribution in [0.5, 0.6) is 17.8 Å². The number of nitrogens with zero attached hydrogens (tertiary/aromatic N) is 3. The summed E-state index contributed by atoms with van der Waals surface area (Å²) in [5, 5.41) is 0. The third-order valence-corrected chi connectivity index (χ3v) is 2.79. The van der Waals surface area contributed by atoms with E-state index in [4.69, 9.17) is 15.2 Å². The van der Waals surface area contributed by atoms with Crippen LogP contribution in [0.25, 0.3) is 0 Å². The van der Waals surface area contributed by atoms with Gasteiger partial charge in [0.15, 0.2) is 0 Å². The quantitative estimate of drug-likeness (QED) is 0.899. The maximum atomic E-state index is 13.4. The first-order valence-corrected chi connectivity index (χ1v) is 6.65. The number of rotatable bonds is 5. The Bertz CT molecular complexity index is 612. The Hall–Kier alpha value is -1.96. The van der Waals surface area contributed by atoms with Crippen LogP contribution >= 0.6 is 15.9 Å². The molecule has 0 bridgehead atoms. The maximum Gasteiger partial charge on any atom is 0.330 e. The van der Waals surface area contributed by atoms with E-state index in [1.807, 2.05) is 6.92 Å². The fourth-order valence-electron chi connectivity index (χ4n) is 1.30. The molecule has 0 fully saturated rings. The molecule has 0 radical (unpaired) electrons. The van der Waals surface area contributed by atoms with Gasteiger partial charge in [0.05, 0.1) is 11.1 Å². The molecule has 8 heteroatoms. The minimum Gasteiger partial charge on any atom is -0.463 e. The topological polar surface area (TPSA) is 83.2 Å². The summed E-state index contributed by atoms with van der Waals surface area (Å²) in [6.45, 7) is 2.41. The molecule has 0 unspecified atom stereocenters. The molecule has 0 atom stereocenters. The summed E-state index contributed by atoms with van der Waals surface area (Å²) < 4.78 is 24.3. The average molecular weight is 343 g/mol. The highest BCUT2D eigenvalue weighted by Crippen LogP contribution is 2.24. The molecular formula is C12H12BrFN4O2. The molecule has 0 amide bonds.